The van der Waals surface area contributed by atoms with Crippen LogP contribution in [0.25, 0.3) is 0 Å². The van der Waals surface area contributed by atoms with Gasteiger partial charge in [-0.15, -0.1) is 23.1 Å². The number of hydrogen-bond donors (Lipinski definition) is 1. The molecule has 2 N–H and O–H groups in total. The van der Waals surface area contributed by atoms with Gasteiger partial charge in [0.1, 0.15) is 4.21 Å². The lowest BCUT2D eigenvalue weighted by Gasteiger charge is -2.15. The number of hydrogen-bond acceptors (Lipinski definition) is 7. The standard InChI is InChI=1S/C11H19NO5S3/c1-7(16-6-17-8(2)15-3)11-9(18-4)5-10(19-11)20(12,13)14/h5,7-8H,6H2,1-4H3,(H2,12,13,14). The predicted molar refractivity (Wildman–Crippen MR) is 79.4 cm³/mol. The van der Waals surface area contributed by atoms with Crippen LogP contribution in [0.5, 0.6) is 0 Å². The highest BCUT2D eigenvalue weighted by Gasteiger charge is 2.20. The van der Waals surface area contributed by atoms with Gasteiger partial charge in [-0.05, 0) is 26.2 Å². The molecule has 0 aliphatic heterocycles. The first-order valence-electron chi connectivity index (χ1n) is 5.76. The Kier molecular flexibility index (Phi) is 6.92. The summed E-state index contributed by atoms with van der Waals surface area (Å²) in [6, 6.07) is 1.57. The van der Waals surface area contributed by atoms with Crippen molar-refractivity contribution in [3.8, 4) is 0 Å². The number of nitrogens with two attached hydrogens (primary N) is 1. The molecule has 116 valence electrons. The van der Waals surface area contributed by atoms with Crippen molar-refractivity contribution in [2.45, 2.75) is 35.3 Å². The van der Waals surface area contributed by atoms with Gasteiger partial charge in [0.2, 0.25) is 10.0 Å². The zero-order valence-electron chi connectivity index (χ0n) is 11.8. The summed E-state index contributed by atoms with van der Waals surface area (Å²) in [7, 11) is -2.15. The van der Waals surface area contributed by atoms with Crippen molar-refractivity contribution in [1.29, 1.82) is 0 Å². The van der Waals surface area contributed by atoms with Gasteiger partial charge in [0.25, 0.3) is 0 Å². The first-order chi connectivity index (χ1) is 9.29. The molecule has 0 aliphatic rings. The van der Waals surface area contributed by atoms with Crippen molar-refractivity contribution in [3.63, 3.8) is 0 Å². The molecule has 1 heterocycles. The molecule has 20 heavy (non-hydrogen) atoms. The summed E-state index contributed by atoms with van der Waals surface area (Å²) in [4.78, 5) is 1.65. The summed E-state index contributed by atoms with van der Waals surface area (Å²) in [5, 5.41) is 5.14. The lowest BCUT2D eigenvalue weighted by molar-refractivity contribution is -0.186. The van der Waals surface area contributed by atoms with Crippen LogP contribution >= 0.6 is 23.1 Å². The fourth-order valence-corrected chi connectivity index (χ4v) is 4.26. The van der Waals surface area contributed by atoms with E-state index in [2.05, 4.69) is 0 Å². The van der Waals surface area contributed by atoms with E-state index in [1.165, 1.54) is 18.9 Å². The second-order valence-corrected chi connectivity index (χ2v) is 7.66. The van der Waals surface area contributed by atoms with Crippen molar-refractivity contribution in [2.75, 3.05) is 20.2 Å². The summed E-state index contributed by atoms with van der Waals surface area (Å²) in [5.41, 5.74) is 0. The van der Waals surface area contributed by atoms with Gasteiger partial charge < -0.3 is 14.2 Å². The molecule has 0 saturated carbocycles. The molecule has 2 unspecified atom stereocenters. The van der Waals surface area contributed by atoms with Crippen LogP contribution in [0.4, 0.5) is 0 Å². The van der Waals surface area contributed by atoms with E-state index in [4.69, 9.17) is 19.3 Å². The molecule has 9 heteroatoms. The monoisotopic (exact) mass is 341 g/mol. The van der Waals surface area contributed by atoms with Crippen LogP contribution in [0, 0.1) is 0 Å². The number of ether oxygens (including phenoxy) is 3. The maximum Gasteiger partial charge on any atom is 0.247 e. The van der Waals surface area contributed by atoms with Crippen LogP contribution in [0.2, 0.25) is 0 Å². The normalized spacial score (nSPS) is 15.2. The smallest absolute Gasteiger partial charge is 0.247 e. The number of thiophene rings is 1. The van der Waals surface area contributed by atoms with Gasteiger partial charge in [0, 0.05) is 16.9 Å². The molecule has 0 aromatic carbocycles. The van der Waals surface area contributed by atoms with Crippen LogP contribution in [-0.2, 0) is 24.2 Å². The Balaban J connectivity index is 2.77. The number of thioether (sulfide) groups is 1. The Labute approximate surface area is 127 Å². The zero-order valence-corrected chi connectivity index (χ0v) is 14.2. The highest BCUT2D eigenvalue weighted by atomic mass is 32.2. The molecule has 6 nitrogen and oxygen atoms in total. The van der Waals surface area contributed by atoms with Crippen molar-refractivity contribution in [2.24, 2.45) is 5.14 Å². The SMILES string of the molecule is COC(C)OCOC(C)c1sc(S(N)(=O)=O)cc1SC. The minimum atomic E-state index is -3.69. The van der Waals surface area contributed by atoms with E-state index in [0.717, 1.165) is 21.1 Å². The second-order valence-electron chi connectivity index (χ2n) is 3.94. The Morgan fingerprint density at radius 3 is 2.55 bits per heavy atom. The lowest BCUT2D eigenvalue weighted by Crippen LogP contribution is -2.14. The molecule has 2 atom stereocenters. The fourth-order valence-electron chi connectivity index (χ4n) is 1.33. The summed E-state index contributed by atoms with van der Waals surface area (Å²) in [6.07, 6.45) is 1.22. The van der Waals surface area contributed by atoms with Crippen molar-refractivity contribution in [3.05, 3.63) is 10.9 Å². The molecule has 0 radical (unpaired) electrons. The third kappa shape index (κ3) is 4.99. The molecule has 0 amide bonds. The molecule has 0 spiro atoms. The second kappa shape index (κ2) is 7.74. The maximum absolute atomic E-state index is 11.4. The molecular formula is C11H19NO5S3. The van der Waals surface area contributed by atoms with Crippen LogP contribution in [0.1, 0.15) is 24.8 Å². The van der Waals surface area contributed by atoms with E-state index in [-0.39, 0.29) is 23.4 Å². The maximum atomic E-state index is 11.4. The Morgan fingerprint density at radius 1 is 1.40 bits per heavy atom. The van der Waals surface area contributed by atoms with E-state index in [9.17, 15) is 8.42 Å². The summed E-state index contributed by atoms with van der Waals surface area (Å²) >= 11 is 2.57. The highest BCUT2D eigenvalue weighted by Crippen LogP contribution is 2.37. The lowest BCUT2D eigenvalue weighted by atomic mass is 10.3. The van der Waals surface area contributed by atoms with Crippen LogP contribution in [-0.4, -0.2) is 34.9 Å². The molecule has 0 bridgehead atoms. The van der Waals surface area contributed by atoms with Gasteiger partial charge in [-0.1, -0.05) is 0 Å². The fraction of sp³-hybridized carbons (Fsp3) is 0.636. The van der Waals surface area contributed by atoms with Gasteiger partial charge >= 0.3 is 0 Å². The molecule has 0 aliphatic carbocycles. The van der Waals surface area contributed by atoms with E-state index in [1.807, 2.05) is 13.2 Å². The van der Waals surface area contributed by atoms with E-state index < -0.39 is 10.0 Å². The number of sulfonamides is 1. The molecule has 1 aromatic heterocycles. The minimum absolute atomic E-state index is 0.0621. The summed E-state index contributed by atoms with van der Waals surface area (Å²) in [6.45, 7) is 3.65. The minimum Gasteiger partial charge on any atom is -0.356 e. The zero-order chi connectivity index (χ0) is 15.3. The van der Waals surface area contributed by atoms with Crippen molar-refractivity contribution < 1.29 is 22.6 Å². The van der Waals surface area contributed by atoms with Crippen LogP contribution < -0.4 is 5.14 Å². The first-order valence-corrected chi connectivity index (χ1v) is 9.34. The van der Waals surface area contributed by atoms with E-state index in [1.54, 1.807) is 13.0 Å². The average molecular weight is 341 g/mol. The Bertz CT molecular complexity index is 528. The van der Waals surface area contributed by atoms with Crippen LogP contribution in [0.3, 0.4) is 0 Å². The molecular weight excluding hydrogens is 322 g/mol. The highest BCUT2D eigenvalue weighted by molar-refractivity contribution is 7.99. The van der Waals surface area contributed by atoms with Gasteiger partial charge in [-0.2, -0.15) is 0 Å². The molecule has 1 rings (SSSR count). The van der Waals surface area contributed by atoms with Gasteiger partial charge in [-0.3, -0.25) is 0 Å². The molecule has 0 saturated heterocycles. The summed E-state index contributed by atoms with van der Waals surface area (Å²) < 4.78 is 38.6. The van der Waals surface area contributed by atoms with Gasteiger partial charge in [0.05, 0.1) is 6.10 Å². The quantitative estimate of drug-likeness (QED) is 0.576. The van der Waals surface area contributed by atoms with Crippen molar-refractivity contribution in [1.82, 2.24) is 0 Å². The molecule has 0 fully saturated rings. The van der Waals surface area contributed by atoms with E-state index in [0.29, 0.717) is 0 Å². The topological polar surface area (TPSA) is 87.8 Å². The third-order valence-electron chi connectivity index (χ3n) is 2.52. The van der Waals surface area contributed by atoms with Crippen molar-refractivity contribution >= 4 is 33.1 Å². The van der Waals surface area contributed by atoms with E-state index >= 15 is 0 Å². The van der Waals surface area contributed by atoms with Gasteiger partial charge in [-0.25, -0.2) is 13.6 Å². The third-order valence-corrected chi connectivity index (χ3v) is 6.15. The van der Waals surface area contributed by atoms with Gasteiger partial charge in [0.15, 0.2) is 13.1 Å². The van der Waals surface area contributed by atoms with Crippen LogP contribution in [0.15, 0.2) is 15.2 Å². The number of methoxy groups -OCH3 is 1. The summed E-state index contributed by atoms with van der Waals surface area (Å²) in [5.74, 6) is 0. The molecule has 1 aromatic rings. The predicted octanol–water partition coefficient (Wildman–Crippen LogP) is 2.16. The Hall–Kier alpha value is -0.160. The number of rotatable bonds is 8. The number of primary sulfonamides is 1. The first kappa shape index (κ1) is 17.9. The Morgan fingerprint density at radius 2 is 2.05 bits per heavy atom. The largest absolute Gasteiger partial charge is 0.356 e. The average Bonchev–Trinajstić information content (AvgIpc) is 2.82.